The topological polar surface area (TPSA) is 62.2 Å². The summed E-state index contributed by atoms with van der Waals surface area (Å²) in [6.45, 7) is 4.04. The molecule has 0 bridgehead atoms. The van der Waals surface area contributed by atoms with Crippen LogP contribution in [0.15, 0.2) is 54.6 Å². The summed E-state index contributed by atoms with van der Waals surface area (Å²) in [6.07, 6.45) is 3.20. The van der Waals surface area contributed by atoms with E-state index in [0.717, 1.165) is 36.7 Å². The molecule has 1 amide bonds. The Kier molecular flexibility index (Phi) is 6.92. The zero-order valence-electron chi connectivity index (χ0n) is 16.1. The minimum Gasteiger partial charge on any atom is -0.497 e. The molecule has 6 heteroatoms. The predicted molar refractivity (Wildman–Crippen MR) is 109 cm³/mol. The molecule has 0 aliphatic carbocycles. The number of piperazine rings is 1. The molecule has 0 radical (unpaired) electrons. The largest absolute Gasteiger partial charge is 0.497 e. The number of ether oxygens (including phenoxy) is 2. The Balaban J connectivity index is 1.42. The van der Waals surface area contributed by atoms with Gasteiger partial charge in [0.15, 0.2) is 0 Å². The van der Waals surface area contributed by atoms with Crippen molar-refractivity contribution in [3.63, 3.8) is 0 Å². The fourth-order valence-electron chi connectivity index (χ4n) is 3.09. The third-order valence-electron chi connectivity index (χ3n) is 4.74. The summed E-state index contributed by atoms with van der Waals surface area (Å²) in [5, 5.41) is 9.01. The van der Waals surface area contributed by atoms with Crippen molar-refractivity contribution >= 4 is 12.2 Å². The molecule has 0 unspecified atom stereocenters. The molecule has 0 saturated carbocycles. The molecule has 2 aromatic carbocycles. The van der Waals surface area contributed by atoms with Crippen molar-refractivity contribution in [3.05, 3.63) is 65.7 Å². The molecular weight excluding hydrogens is 356 g/mol. The molecule has 2 aromatic rings. The summed E-state index contributed by atoms with van der Waals surface area (Å²) in [7, 11) is 1.64. The van der Waals surface area contributed by atoms with Crippen LogP contribution in [0, 0.1) is 0 Å². The first-order valence-corrected chi connectivity index (χ1v) is 9.36. The Bertz CT molecular complexity index is 779. The maximum absolute atomic E-state index is 11.0. The van der Waals surface area contributed by atoms with Gasteiger partial charge in [0.25, 0.3) is 0 Å². The number of hydrogen-bond donors (Lipinski definition) is 1. The predicted octanol–water partition coefficient (Wildman–Crippen LogP) is 3.58. The summed E-state index contributed by atoms with van der Waals surface area (Å²) in [5.74, 6) is 1.62. The maximum Gasteiger partial charge on any atom is 0.407 e. The van der Waals surface area contributed by atoms with E-state index in [1.54, 1.807) is 7.11 Å². The lowest BCUT2D eigenvalue weighted by molar-refractivity contribution is 0.103. The van der Waals surface area contributed by atoms with Gasteiger partial charge in [-0.05, 0) is 41.5 Å². The van der Waals surface area contributed by atoms with Gasteiger partial charge in [-0.2, -0.15) is 0 Å². The van der Waals surface area contributed by atoms with E-state index in [-0.39, 0.29) is 0 Å². The summed E-state index contributed by atoms with van der Waals surface area (Å²) >= 11 is 0. The molecule has 1 fully saturated rings. The van der Waals surface area contributed by atoms with E-state index in [0.29, 0.717) is 19.7 Å². The number of rotatable bonds is 7. The van der Waals surface area contributed by atoms with E-state index >= 15 is 0 Å². The fourth-order valence-corrected chi connectivity index (χ4v) is 3.09. The van der Waals surface area contributed by atoms with Crippen molar-refractivity contribution in [2.45, 2.75) is 6.54 Å². The van der Waals surface area contributed by atoms with Crippen LogP contribution in [0.25, 0.3) is 6.08 Å². The van der Waals surface area contributed by atoms with Crippen LogP contribution in [0.1, 0.15) is 11.1 Å². The van der Waals surface area contributed by atoms with Crippen LogP contribution < -0.4 is 9.47 Å². The van der Waals surface area contributed by atoms with Crippen LogP contribution in [-0.2, 0) is 6.54 Å². The number of hydrogen-bond acceptors (Lipinski definition) is 4. The number of methoxy groups -OCH3 is 1. The summed E-state index contributed by atoms with van der Waals surface area (Å²) in [4.78, 5) is 14.7. The quantitative estimate of drug-likeness (QED) is 0.793. The van der Waals surface area contributed by atoms with Gasteiger partial charge in [-0.3, -0.25) is 4.90 Å². The lowest BCUT2D eigenvalue weighted by atomic mass is 10.1. The standard InChI is InChI=1S/C22H26N2O4/c1-27-20-8-10-21(11-9-20)28-16-2-3-18-4-6-19(7-5-18)17-23-12-14-24(15-13-23)22(25)26/h2-11H,12-17H2,1H3,(H,25,26). The number of carbonyl (C=O) groups is 1. The Morgan fingerprint density at radius 2 is 1.64 bits per heavy atom. The number of nitrogens with zero attached hydrogens (tertiary/aromatic N) is 2. The summed E-state index contributed by atoms with van der Waals surface area (Å²) in [5.41, 5.74) is 2.35. The van der Waals surface area contributed by atoms with Gasteiger partial charge >= 0.3 is 6.09 Å². The molecule has 1 N–H and O–H groups in total. The SMILES string of the molecule is COc1ccc(OCC=Cc2ccc(CN3CCN(C(=O)O)CC3)cc2)cc1. The van der Waals surface area contributed by atoms with Gasteiger partial charge < -0.3 is 19.5 Å². The lowest BCUT2D eigenvalue weighted by Crippen LogP contribution is -2.47. The first-order chi connectivity index (χ1) is 13.6. The lowest BCUT2D eigenvalue weighted by Gasteiger charge is -2.33. The molecular formula is C22H26N2O4. The van der Waals surface area contributed by atoms with Gasteiger partial charge in [0.05, 0.1) is 7.11 Å². The van der Waals surface area contributed by atoms with Crippen LogP contribution in [0.2, 0.25) is 0 Å². The third-order valence-corrected chi connectivity index (χ3v) is 4.74. The molecule has 0 aromatic heterocycles. The van der Waals surface area contributed by atoms with Crippen molar-refractivity contribution < 1.29 is 19.4 Å². The minimum atomic E-state index is -0.827. The van der Waals surface area contributed by atoms with Gasteiger partial charge in [0.2, 0.25) is 0 Å². The number of benzene rings is 2. The minimum absolute atomic E-state index is 0.502. The highest BCUT2D eigenvalue weighted by molar-refractivity contribution is 5.65. The molecule has 0 spiro atoms. The second-order valence-electron chi connectivity index (χ2n) is 6.68. The molecule has 1 heterocycles. The van der Waals surface area contributed by atoms with Crippen molar-refractivity contribution in [1.82, 2.24) is 9.80 Å². The van der Waals surface area contributed by atoms with E-state index in [1.807, 2.05) is 36.4 Å². The Morgan fingerprint density at radius 1 is 1.00 bits per heavy atom. The van der Waals surface area contributed by atoms with Crippen LogP contribution in [0.4, 0.5) is 4.79 Å². The average Bonchev–Trinajstić information content (AvgIpc) is 2.73. The molecule has 148 valence electrons. The van der Waals surface area contributed by atoms with Crippen LogP contribution in [-0.4, -0.2) is 60.9 Å². The Labute approximate surface area is 165 Å². The second kappa shape index (κ2) is 9.80. The smallest absolute Gasteiger partial charge is 0.407 e. The van der Waals surface area contributed by atoms with Gasteiger partial charge in [-0.1, -0.05) is 30.3 Å². The van der Waals surface area contributed by atoms with E-state index in [1.165, 1.54) is 10.5 Å². The van der Waals surface area contributed by atoms with Crippen molar-refractivity contribution in [2.24, 2.45) is 0 Å². The van der Waals surface area contributed by atoms with Crippen molar-refractivity contribution in [3.8, 4) is 11.5 Å². The van der Waals surface area contributed by atoms with Gasteiger partial charge in [0, 0.05) is 32.7 Å². The Hall–Kier alpha value is -2.99. The van der Waals surface area contributed by atoms with Crippen LogP contribution in [0.3, 0.4) is 0 Å². The Morgan fingerprint density at radius 3 is 2.25 bits per heavy atom. The van der Waals surface area contributed by atoms with Gasteiger partial charge in [0.1, 0.15) is 18.1 Å². The zero-order valence-corrected chi connectivity index (χ0v) is 16.1. The molecule has 1 aliphatic heterocycles. The van der Waals surface area contributed by atoms with E-state index in [2.05, 4.69) is 29.2 Å². The monoisotopic (exact) mass is 382 g/mol. The second-order valence-corrected chi connectivity index (χ2v) is 6.68. The summed E-state index contributed by atoms with van der Waals surface area (Å²) in [6, 6.07) is 15.9. The molecule has 28 heavy (non-hydrogen) atoms. The van der Waals surface area contributed by atoms with E-state index in [9.17, 15) is 4.79 Å². The summed E-state index contributed by atoms with van der Waals surface area (Å²) < 4.78 is 10.8. The molecule has 0 atom stereocenters. The molecule has 6 nitrogen and oxygen atoms in total. The van der Waals surface area contributed by atoms with Crippen molar-refractivity contribution in [1.29, 1.82) is 0 Å². The average molecular weight is 382 g/mol. The normalized spacial score (nSPS) is 15.0. The number of amides is 1. The van der Waals surface area contributed by atoms with Crippen molar-refractivity contribution in [2.75, 3.05) is 39.9 Å². The highest BCUT2D eigenvalue weighted by Gasteiger charge is 2.20. The first-order valence-electron chi connectivity index (χ1n) is 9.36. The van der Waals surface area contributed by atoms with E-state index < -0.39 is 6.09 Å². The fraction of sp³-hybridized carbons (Fsp3) is 0.318. The van der Waals surface area contributed by atoms with Crippen LogP contribution in [0.5, 0.6) is 11.5 Å². The molecule has 1 saturated heterocycles. The maximum atomic E-state index is 11.0. The third kappa shape index (κ3) is 5.76. The molecule has 1 aliphatic rings. The highest BCUT2D eigenvalue weighted by Crippen LogP contribution is 2.17. The molecule has 3 rings (SSSR count). The number of carboxylic acid groups (broad SMARTS) is 1. The van der Waals surface area contributed by atoms with E-state index in [4.69, 9.17) is 14.6 Å². The first kappa shape index (κ1) is 19.8. The van der Waals surface area contributed by atoms with Gasteiger partial charge in [-0.25, -0.2) is 4.79 Å². The zero-order chi connectivity index (χ0) is 19.8. The van der Waals surface area contributed by atoms with Crippen LogP contribution >= 0.6 is 0 Å². The van der Waals surface area contributed by atoms with Gasteiger partial charge in [-0.15, -0.1) is 0 Å². The highest BCUT2D eigenvalue weighted by atomic mass is 16.5.